The van der Waals surface area contributed by atoms with Crippen molar-refractivity contribution < 1.29 is 23.4 Å². The van der Waals surface area contributed by atoms with E-state index in [-0.39, 0.29) is 12.3 Å². The fourth-order valence-corrected chi connectivity index (χ4v) is 2.26. The number of likely N-dealkylation sites (N-methyl/N-ethyl adjacent to an activating group) is 1. The maximum atomic E-state index is 13.2. The zero-order chi connectivity index (χ0) is 17.7. The number of carbonyl (C=O) groups is 1. The van der Waals surface area contributed by atoms with Crippen LogP contribution in [0.1, 0.15) is 11.6 Å². The van der Waals surface area contributed by atoms with E-state index >= 15 is 0 Å². The molecule has 7 heteroatoms. The summed E-state index contributed by atoms with van der Waals surface area (Å²) in [5.41, 5.74) is 0.692. The smallest absolute Gasteiger partial charge is 0.322 e. The number of anilines is 1. The lowest BCUT2D eigenvalue weighted by atomic mass is 10.1. The number of methoxy groups -OCH3 is 1. The molecule has 0 fully saturated rings. The molecule has 0 heterocycles. The highest BCUT2D eigenvalue weighted by atomic mass is 19.1. The Labute approximate surface area is 138 Å². The SMILES string of the molecule is COc1ccc([C@@H](CO)N(C)C(=O)Nc2cc(F)cc(F)c2)cc1. The third-order valence-electron chi connectivity index (χ3n) is 3.58. The van der Waals surface area contributed by atoms with Gasteiger partial charge in [0.25, 0.3) is 0 Å². The van der Waals surface area contributed by atoms with E-state index in [0.717, 1.165) is 12.1 Å². The normalized spacial score (nSPS) is 11.7. The quantitative estimate of drug-likeness (QED) is 0.882. The number of halogens is 2. The Bertz CT molecular complexity index is 687. The van der Waals surface area contributed by atoms with Crippen LogP contribution in [-0.4, -0.2) is 36.8 Å². The predicted octanol–water partition coefficient (Wildman–Crippen LogP) is 3.17. The average Bonchev–Trinajstić information content (AvgIpc) is 2.55. The number of rotatable bonds is 5. The first-order chi connectivity index (χ1) is 11.4. The number of benzene rings is 2. The Kier molecular flexibility index (Phi) is 5.70. The Morgan fingerprint density at radius 2 is 1.79 bits per heavy atom. The highest BCUT2D eigenvalue weighted by Crippen LogP contribution is 2.23. The van der Waals surface area contributed by atoms with Gasteiger partial charge in [0.2, 0.25) is 0 Å². The van der Waals surface area contributed by atoms with Gasteiger partial charge in [-0.15, -0.1) is 0 Å². The van der Waals surface area contributed by atoms with Gasteiger partial charge in [0.15, 0.2) is 0 Å². The maximum absolute atomic E-state index is 13.2. The summed E-state index contributed by atoms with van der Waals surface area (Å²) in [6, 6.07) is 8.40. The molecule has 5 nitrogen and oxygen atoms in total. The van der Waals surface area contributed by atoms with Gasteiger partial charge in [-0.1, -0.05) is 12.1 Å². The van der Waals surface area contributed by atoms with E-state index in [4.69, 9.17) is 4.74 Å². The van der Waals surface area contributed by atoms with Crippen LogP contribution in [0.5, 0.6) is 5.75 Å². The molecule has 2 aromatic carbocycles. The minimum atomic E-state index is -0.790. The number of urea groups is 1. The minimum Gasteiger partial charge on any atom is -0.497 e. The second-order valence-corrected chi connectivity index (χ2v) is 5.17. The van der Waals surface area contributed by atoms with Crippen LogP contribution in [0.4, 0.5) is 19.3 Å². The maximum Gasteiger partial charge on any atom is 0.322 e. The van der Waals surface area contributed by atoms with Crippen LogP contribution in [-0.2, 0) is 0 Å². The van der Waals surface area contributed by atoms with E-state index in [0.29, 0.717) is 17.4 Å². The van der Waals surface area contributed by atoms with Gasteiger partial charge in [-0.25, -0.2) is 13.6 Å². The van der Waals surface area contributed by atoms with Crippen LogP contribution in [0.25, 0.3) is 0 Å². The predicted molar refractivity (Wildman–Crippen MR) is 86.0 cm³/mol. The zero-order valence-electron chi connectivity index (χ0n) is 13.3. The molecule has 2 aromatic rings. The molecule has 0 aliphatic rings. The van der Waals surface area contributed by atoms with Gasteiger partial charge in [-0.3, -0.25) is 0 Å². The lowest BCUT2D eigenvalue weighted by molar-refractivity contribution is 0.159. The number of nitrogens with zero attached hydrogens (tertiary/aromatic N) is 1. The molecule has 0 aliphatic heterocycles. The van der Waals surface area contributed by atoms with Gasteiger partial charge in [0.05, 0.1) is 19.8 Å². The number of carbonyl (C=O) groups excluding carboxylic acids is 1. The van der Waals surface area contributed by atoms with Crippen molar-refractivity contribution in [2.24, 2.45) is 0 Å². The van der Waals surface area contributed by atoms with E-state index < -0.39 is 23.7 Å². The molecule has 2 amide bonds. The molecule has 0 saturated heterocycles. The Hall–Kier alpha value is -2.67. The third-order valence-corrected chi connectivity index (χ3v) is 3.58. The van der Waals surface area contributed by atoms with Crippen LogP contribution in [0.2, 0.25) is 0 Å². The summed E-state index contributed by atoms with van der Waals surface area (Å²) in [6.45, 7) is -0.312. The van der Waals surface area contributed by atoms with Crippen molar-refractivity contribution >= 4 is 11.7 Å². The van der Waals surface area contributed by atoms with E-state index in [2.05, 4.69) is 5.32 Å². The molecule has 0 aromatic heterocycles. The molecule has 24 heavy (non-hydrogen) atoms. The van der Waals surface area contributed by atoms with Crippen molar-refractivity contribution in [3.8, 4) is 5.75 Å². The van der Waals surface area contributed by atoms with Gasteiger partial charge >= 0.3 is 6.03 Å². The average molecular weight is 336 g/mol. The highest BCUT2D eigenvalue weighted by molar-refractivity contribution is 5.89. The number of ether oxygens (including phenoxy) is 1. The first-order valence-corrected chi connectivity index (χ1v) is 7.19. The number of hydrogen-bond donors (Lipinski definition) is 2. The van der Waals surface area contributed by atoms with Gasteiger partial charge in [-0.05, 0) is 29.8 Å². The summed E-state index contributed by atoms with van der Waals surface area (Å²) in [4.78, 5) is 13.5. The number of hydrogen-bond acceptors (Lipinski definition) is 3. The second kappa shape index (κ2) is 7.74. The molecule has 128 valence electrons. The highest BCUT2D eigenvalue weighted by Gasteiger charge is 2.21. The van der Waals surface area contributed by atoms with Crippen molar-refractivity contribution in [3.05, 3.63) is 59.7 Å². The van der Waals surface area contributed by atoms with Gasteiger partial charge in [0.1, 0.15) is 17.4 Å². The summed E-state index contributed by atoms with van der Waals surface area (Å²) in [5.74, 6) is -0.929. The molecular weight excluding hydrogens is 318 g/mol. The number of aliphatic hydroxyl groups is 1. The van der Waals surface area contributed by atoms with Gasteiger partial charge in [-0.2, -0.15) is 0 Å². The summed E-state index contributed by atoms with van der Waals surface area (Å²) in [6.07, 6.45) is 0. The summed E-state index contributed by atoms with van der Waals surface area (Å²) in [7, 11) is 3.02. The van der Waals surface area contributed by atoms with Crippen molar-refractivity contribution in [1.29, 1.82) is 0 Å². The van der Waals surface area contributed by atoms with Gasteiger partial charge < -0.3 is 20.1 Å². The minimum absolute atomic E-state index is 0.00392. The Morgan fingerprint density at radius 3 is 2.29 bits per heavy atom. The monoisotopic (exact) mass is 336 g/mol. The number of amides is 2. The number of aliphatic hydroxyl groups excluding tert-OH is 1. The van der Waals surface area contributed by atoms with Crippen molar-refractivity contribution in [3.63, 3.8) is 0 Å². The van der Waals surface area contributed by atoms with Crippen LogP contribution in [0.3, 0.4) is 0 Å². The molecule has 0 spiro atoms. The van der Waals surface area contributed by atoms with E-state index in [1.54, 1.807) is 24.3 Å². The van der Waals surface area contributed by atoms with E-state index in [1.807, 2.05) is 0 Å². The van der Waals surface area contributed by atoms with E-state index in [9.17, 15) is 18.7 Å². The Morgan fingerprint density at radius 1 is 1.21 bits per heavy atom. The zero-order valence-corrected chi connectivity index (χ0v) is 13.3. The second-order valence-electron chi connectivity index (χ2n) is 5.17. The summed E-state index contributed by atoms with van der Waals surface area (Å²) >= 11 is 0. The van der Waals surface area contributed by atoms with Crippen LogP contribution >= 0.6 is 0 Å². The lowest BCUT2D eigenvalue weighted by Crippen LogP contribution is -2.36. The van der Waals surface area contributed by atoms with Crippen molar-refractivity contribution in [2.45, 2.75) is 6.04 Å². The molecule has 0 bridgehead atoms. The molecule has 0 saturated carbocycles. The van der Waals surface area contributed by atoms with Crippen LogP contribution in [0, 0.1) is 11.6 Å². The molecule has 0 radical (unpaired) electrons. The third kappa shape index (κ3) is 4.20. The van der Waals surface area contributed by atoms with E-state index in [1.165, 1.54) is 19.1 Å². The largest absolute Gasteiger partial charge is 0.497 e. The van der Waals surface area contributed by atoms with Crippen LogP contribution in [0.15, 0.2) is 42.5 Å². The first kappa shape index (κ1) is 17.7. The van der Waals surface area contributed by atoms with Crippen molar-refractivity contribution in [1.82, 2.24) is 4.90 Å². The molecule has 0 aliphatic carbocycles. The van der Waals surface area contributed by atoms with Gasteiger partial charge in [0, 0.05) is 18.8 Å². The standard InChI is InChI=1S/C17H18F2N2O3/c1-21(16(10-22)11-3-5-15(24-2)6-4-11)17(23)20-14-8-12(18)7-13(19)9-14/h3-9,16,22H,10H2,1-2H3,(H,20,23)/t16-/m1/s1. The molecule has 2 rings (SSSR count). The fraction of sp³-hybridized carbons (Fsp3) is 0.235. The summed E-state index contributed by atoms with van der Waals surface area (Å²) in [5, 5.41) is 12.0. The first-order valence-electron chi connectivity index (χ1n) is 7.19. The molecule has 0 unspecified atom stereocenters. The topological polar surface area (TPSA) is 61.8 Å². The summed E-state index contributed by atoms with van der Waals surface area (Å²) < 4.78 is 31.4. The fourth-order valence-electron chi connectivity index (χ4n) is 2.26. The number of nitrogens with one attached hydrogen (secondary N) is 1. The lowest BCUT2D eigenvalue weighted by Gasteiger charge is -2.27. The Balaban J connectivity index is 2.14. The van der Waals surface area contributed by atoms with Crippen molar-refractivity contribution in [2.75, 3.05) is 26.1 Å². The molecular formula is C17H18F2N2O3. The van der Waals surface area contributed by atoms with Crippen LogP contribution < -0.4 is 10.1 Å². The molecule has 1 atom stereocenters. The molecule has 2 N–H and O–H groups in total.